The predicted octanol–water partition coefficient (Wildman–Crippen LogP) is 1.81. The van der Waals surface area contributed by atoms with Crippen LogP contribution in [0.5, 0.6) is 0 Å². The second kappa shape index (κ2) is 7.50. The molecule has 0 spiro atoms. The summed E-state index contributed by atoms with van der Waals surface area (Å²) in [4.78, 5) is 50.3. The van der Waals surface area contributed by atoms with Crippen molar-refractivity contribution < 1.29 is 23.9 Å². The van der Waals surface area contributed by atoms with E-state index in [2.05, 4.69) is 5.32 Å². The van der Waals surface area contributed by atoms with Gasteiger partial charge in [-0.05, 0) is 74.5 Å². The van der Waals surface area contributed by atoms with E-state index in [1.807, 2.05) is 12.2 Å². The van der Waals surface area contributed by atoms with Gasteiger partial charge in [0.2, 0.25) is 11.8 Å². The number of allylic oxidation sites excluding steroid dienone is 2. The molecule has 0 aromatic heterocycles. The van der Waals surface area contributed by atoms with Crippen LogP contribution in [0.4, 0.5) is 0 Å². The van der Waals surface area contributed by atoms with E-state index >= 15 is 0 Å². The summed E-state index contributed by atoms with van der Waals surface area (Å²) in [5.74, 6) is 0.0958. The third-order valence-electron chi connectivity index (χ3n) is 8.08. The number of fused-ring (bicyclic) bond motifs is 1. The Balaban J connectivity index is 1.08. The second-order valence-electron chi connectivity index (χ2n) is 10.3. The van der Waals surface area contributed by atoms with Crippen LogP contribution in [0, 0.1) is 35.0 Å². The number of hydrogen-bond acceptors (Lipinski definition) is 5. The summed E-state index contributed by atoms with van der Waals surface area (Å²) in [5.41, 5.74) is 0.229. The standard InChI is InChI=1S/C23H30N2O5/c26-19(24-13-23-8-14-5-15(9-23)7-16(6-14)10-23)12-30-20(27)11-25-21(28)17-3-1-2-4-18(17)22(25)29/h1-2,14-18H,3-13H2,(H,24,26)/t14?,15?,16?,17-,18+,23?. The van der Waals surface area contributed by atoms with Crippen LogP contribution in [0.15, 0.2) is 12.2 Å². The number of hydrogen-bond donors (Lipinski definition) is 1. The van der Waals surface area contributed by atoms with Gasteiger partial charge in [0.1, 0.15) is 6.54 Å². The molecule has 4 bridgehead atoms. The Bertz CT molecular complexity index is 742. The zero-order valence-electron chi connectivity index (χ0n) is 17.3. The lowest BCUT2D eigenvalue weighted by Crippen LogP contribution is -2.51. The van der Waals surface area contributed by atoms with Crippen LogP contribution in [0.2, 0.25) is 0 Å². The van der Waals surface area contributed by atoms with Crippen molar-refractivity contribution in [3.63, 3.8) is 0 Å². The van der Waals surface area contributed by atoms with Gasteiger partial charge < -0.3 is 10.1 Å². The predicted molar refractivity (Wildman–Crippen MR) is 107 cm³/mol. The molecular formula is C23H30N2O5. The quantitative estimate of drug-likeness (QED) is 0.407. The fourth-order valence-electron chi connectivity index (χ4n) is 7.19. The molecule has 1 heterocycles. The Morgan fingerprint density at radius 2 is 1.50 bits per heavy atom. The minimum Gasteiger partial charge on any atom is -0.454 e. The monoisotopic (exact) mass is 414 g/mol. The number of imide groups is 1. The number of esters is 1. The van der Waals surface area contributed by atoms with Crippen molar-refractivity contribution in [3.8, 4) is 0 Å². The highest BCUT2D eigenvalue weighted by atomic mass is 16.5. The minimum absolute atomic E-state index is 0.229. The molecule has 7 nitrogen and oxygen atoms in total. The van der Waals surface area contributed by atoms with E-state index in [0.717, 1.165) is 22.7 Å². The highest BCUT2D eigenvalue weighted by molar-refractivity contribution is 6.07. The maximum absolute atomic E-state index is 12.4. The Labute approximate surface area is 176 Å². The van der Waals surface area contributed by atoms with Crippen LogP contribution >= 0.6 is 0 Å². The summed E-state index contributed by atoms with van der Waals surface area (Å²) < 4.78 is 5.07. The van der Waals surface area contributed by atoms with Crippen LogP contribution in [-0.2, 0) is 23.9 Å². The first-order valence-electron chi connectivity index (χ1n) is 11.3. The summed E-state index contributed by atoms with van der Waals surface area (Å²) in [6, 6.07) is 0. The molecule has 6 rings (SSSR count). The zero-order chi connectivity index (χ0) is 20.9. The number of carbonyl (C=O) groups excluding carboxylic acids is 4. The third kappa shape index (κ3) is 3.56. The molecule has 2 atom stereocenters. The van der Waals surface area contributed by atoms with Gasteiger partial charge in [0.15, 0.2) is 6.61 Å². The van der Waals surface area contributed by atoms with E-state index in [1.165, 1.54) is 38.5 Å². The van der Waals surface area contributed by atoms with Crippen LogP contribution in [0.1, 0.15) is 51.4 Å². The van der Waals surface area contributed by atoms with Gasteiger partial charge in [0.25, 0.3) is 5.91 Å². The third-order valence-corrected chi connectivity index (χ3v) is 8.08. The average molecular weight is 415 g/mol. The van der Waals surface area contributed by atoms with E-state index < -0.39 is 12.5 Å². The molecule has 30 heavy (non-hydrogen) atoms. The van der Waals surface area contributed by atoms with Gasteiger partial charge >= 0.3 is 5.97 Å². The van der Waals surface area contributed by atoms with Crippen molar-refractivity contribution in [3.05, 3.63) is 12.2 Å². The van der Waals surface area contributed by atoms with E-state index in [9.17, 15) is 19.2 Å². The van der Waals surface area contributed by atoms with Crippen molar-refractivity contribution >= 4 is 23.7 Å². The maximum Gasteiger partial charge on any atom is 0.326 e. The highest BCUT2D eigenvalue weighted by Gasteiger charge is 2.51. The van der Waals surface area contributed by atoms with Gasteiger partial charge in [-0.3, -0.25) is 24.1 Å². The first-order valence-corrected chi connectivity index (χ1v) is 11.3. The number of nitrogens with one attached hydrogen (secondary N) is 1. The topological polar surface area (TPSA) is 92.8 Å². The van der Waals surface area contributed by atoms with Gasteiger partial charge in [0.05, 0.1) is 11.8 Å². The van der Waals surface area contributed by atoms with E-state index in [4.69, 9.17) is 4.74 Å². The van der Waals surface area contributed by atoms with Gasteiger partial charge in [-0.2, -0.15) is 0 Å². The summed E-state index contributed by atoms with van der Waals surface area (Å²) in [7, 11) is 0. The van der Waals surface area contributed by atoms with Crippen LogP contribution in [0.3, 0.4) is 0 Å². The smallest absolute Gasteiger partial charge is 0.326 e. The Morgan fingerprint density at radius 3 is 2.03 bits per heavy atom. The summed E-state index contributed by atoms with van der Waals surface area (Å²) in [6.45, 7) is -0.116. The molecule has 162 valence electrons. The molecule has 5 fully saturated rings. The number of likely N-dealkylation sites (tertiary alicyclic amines) is 1. The molecule has 5 aliphatic carbocycles. The average Bonchev–Trinajstić information content (AvgIpc) is 2.95. The fourth-order valence-corrected chi connectivity index (χ4v) is 7.19. The molecule has 1 N–H and O–H groups in total. The summed E-state index contributed by atoms with van der Waals surface area (Å²) >= 11 is 0. The lowest BCUT2D eigenvalue weighted by molar-refractivity contribution is -0.155. The van der Waals surface area contributed by atoms with Crippen molar-refractivity contribution in [1.82, 2.24) is 10.2 Å². The number of amides is 3. The SMILES string of the molecule is O=C(COC(=O)CN1C(=O)[C@H]2CC=CC[C@H]2C1=O)NCC12CC3CC(CC(C3)C1)C2. The molecule has 4 saturated carbocycles. The fraction of sp³-hybridized carbons (Fsp3) is 0.739. The zero-order valence-corrected chi connectivity index (χ0v) is 17.3. The lowest BCUT2D eigenvalue weighted by atomic mass is 9.49. The highest BCUT2D eigenvalue weighted by Crippen LogP contribution is 2.59. The second-order valence-corrected chi connectivity index (χ2v) is 10.3. The van der Waals surface area contributed by atoms with Gasteiger partial charge in [-0.15, -0.1) is 0 Å². The molecule has 0 radical (unpaired) electrons. The summed E-state index contributed by atoms with van der Waals surface area (Å²) in [5, 5.41) is 2.97. The van der Waals surface area contributed by atoms with Gasteiger partial charge in [-0.25, -0.2) is 0 Å². The lowest BCUT2D eigenvalue weighted by Gasteiger charge is -2.56. The number of carbonyl (C=O) groups is 4. The Kier molecular flexibility index (Phi) is 4.94. The summed E-state index contributed by atoms with van der Waals surface area (Å²) in [6.07, 6.45) is 12.6. The van der Waals surface area contributed by atoms with E-state index in [1.54, 1.807) is 0 Å². The van der Waals surface area contributed by atoms with Crippen molar-refractivity contribution in [2.75, 3.05) is 19.7 Å². The molecule has 0 unspecified atom stereocenters. The molecule has 6 aliphatic rings. The van der Waals surface area contributed by atoms with Crippen LogP contribution in [0.25, 0.3) is 0 Å². The van der Waals surface area contributed by atoms with Crippen molar-refractivity contribution in [1.29, 1.82) is 0 Å². The molecule has 1 saturated heterocycles. The Hall–Kier alpha value is -2.18. The minimum atomic E-state index is -0.715. The molecule has 0 aromatic rings. The van der Waals surface area contributed by atoms with Crippen LogP contribution < -0.4 is 5.32 Å². The molecule has 1 aliphatic heterocycles. The molecule has 3 amide bonds. The largest absolute Gasteiger partial charge is 0.454 e. The van der Waals surface area contributed by atoms with E-state index in [0.29, 0.717) is 19.4 Å². The van der Waals surface area contributed by atoms with Gasteiger partial charge in [0, 0.05) is 6.54 Å². The van der Waals surface area contributed by atoms with Crippen molar-refractivity contribution in [2.24, 2.45) is 35.0 Å². The number of nitrogens with zero attached hydrogens (tertiary/aromatic N) is 1. The van der Waals surface area contributed by atoms with Crippen LogP contribution in [-0.4, -0.2) is 48.3 Å². The van der Waals surface area contributed by atoms with E-state index in [-0.39, 0.29) is 41.6 Å². The first kappa shape index (κ1) is 19.8. The molecule has 0 aromatic carbocycles. The van der Waals surface area contributed by atoms with Gasteiger partial charge in [-0.1, -0.05) is 12.2 Å². The van der Waals surface area contributed by atoms with Crippen molar-refractivity contribution in [2.45, 2.75) is 51.4 Å². The number of rotatable bonds is 6. The molecule has 7 heteroatoms. The Morgan fingerprint density at radius 1 is 0.967 bits per heavy atom. The maximum atomic E-state index is 12.4. The first-order chi connectivity index (χ1) is 14.4. The number of ether oxygens (including phenoxy) is 1. The normalized spacial score (nSPS) is 38.7. The molecular weight excluding hydrogens is 384 g/mol.